The number of H-pyrrole nitrogens is 1. The molecule has 1 aliphatic carbocycles. The molecular formula is C12H20N4O. The Morgan fingerprint density at radius 3 is 3.00 bits per heavy atom. The smallest absolute Gasteiger partial charge is 0.227 e. The number of rotatable bonds is 5. The molecule has 0 atom stereocenters. The van der Waals surface area contributed by atoms with Gasteiger partial charge in [-0.3, -0.25) is 4.79 Å². The summed E-state index contributed by atoms with van der Waals surface area (Å²) in [5, 5.41) is 2.97. The fourth-order valence-corrected chi connectivity index (χ4v) is 2.64. The highest BCUT2D eigenvalue weighted by Crippen LogP contribution is 2.44. The van der Waals surface area contributed by atoms with Gasteiger partial charge in [-0.1, -0.05) is 6.92 Å². The average Bonchev–Trinajstić information content (AvgIpc) is 2.77. The second kappa shape index (κ2) is 4.87. The topological polar surface area (TPSA) is 83.8 Å². The van der Waals surface area contributed by atoms with Crippen LogP contribution >= 0.6 is 0 Å². The second-order valence-corrected chi connectivity index (χ2v) is 5.08. The number of carbonyl (C=O) groups is 1. The number of imidazole rings is 1. The molecule has 0 aliphatic heterocycles. The molecule has 0 unspecified atom stereocenters. The van der Waals surface area contributed by atoms with Gasteiger partial charge in [0.1, 0.15) is 0 Å². The third-order valence-corrected chi connectivity index (χ3v) is 3.59. The molecule has 1 aromatic heterocycles. The van der Waals surface area contributed by atoms with Crippen LogP contribution < -0.4 is 11.1 Å². The summed E-state index contributed by atoms with van der Waals surface area (Å²) >= 11 is 0. The average molecular weight is 236 g/mol. The van der Waals surface area contributed by atoms with Crippen LogP contribution in [0.4, 0.5) is 0 Å². The molecule has 0 spiro atoms. The van der Waals surface area contributed by atoms with E-state index in [0.717, 1.165) is 25.0 Å². The normalized spacial score (nSPS) is 27.5. The predicted octanol–water partition coefficient (Wildman–Crippen LogP) is 0.443. The highest BCUT2D eigenvalue weighted by atomic mass is 16.2. The van der Waals surface area contributed by atoms with Crippen molar-refractivity contribution in [3.63, 3.8) is 0 Å². The SMILES string of the molecule is CC1CC(CN)(C(=O)NCCc2cnc[nH]2)C1. The minimum absolute atomic E-state index is 0.109. The van der Waals surface area contributed by atoms with Gasteiger partial charge in [-0.05, 0) is 18.8 Å². The minimum atomic E-state index is -0.298. The first-order valence-corrected chi connectivity index (χ1v) is 6.12. The maximum Gasteiger partial charge on any atom is 0.227 e. The second-order valence-electron chi connectivity index (χ2n) is 5.08. The lowest BCUT2D eigenvalue weighted by molar-refractivity contribution is -0.138. The van der Waals surface area contributed by atoms with Crippen LogP contribution in [-0.4, -0.2) is 29.0 Å². The van der Waals surface area contributed by atoms with Crippen molar-refractivity contribution in [2.24, 2.45) is 17.1 Å². The number of hydrogen-bond donors (Lipinski definition) is 3. The zero-order valence-corrected chi connectivity index (χ0v) is 10.2. The van der Waals surface area contributed by atoms with E-state index < -0.39 is 0 Å². The summed E-state index contributed by atoms with van der Waals surface area (Å²) in [6, 6.07) is 0. The van der Waals surface area contributed by atoms with E-state index in [9.17, 15) is 4.79 Å². The van der Waals surface area contributed by atoms with Crippen LogP contribution in [0.5, 0.6) is 0 Å². The number of nitrogens with zero attached hydrogens (tertiary/aromatic N) is 1. The summed E-state index contributed by atoms with van der Waals surface area (Å²) in [5.74, 6) is 0.731. The van der Waals surface area contributed by atoms with Crippen LogP contribution in [0.2, 0.25) is 0 Å². The first-order chi connectivity index (χ1) is 8.16. The molecule has 5 nitrogen and oxygen atoms in total. The highest BCUT2D eigenvalue weighted by molar-refractivity contribution is 5.83. The highest BCUT2D eigenvalue weighted by Gasteiger charge is 2.46. The Labute approximate surface area is 101 Å². The number of amides is 1. The summed E-state index contributed by atoms with van der Waals surface area (Å²) in [4.78, 5) is 19.0. The van der Waals surface area contributed by atoms with Crippen LogP contribution in [-0.2, 0) is 11.2 Å². The zero-order chi connectivity index (χ0) is 12.3. The summed E-state index contributed by atoms with van der Waals surface area (Å²) in [6.07, 6.45) is 6.03. The van der Waals surface area contributed by atoms with E-state index in [1.54, 1.807) is 12.5 Å². The molecule has 1 saturated carbocycles. The molecule has 4 N–H and O–H groups in total. The van der Waals surface area contributed by atoms with Crippen LogP contribution in [0, 0.1) is 11.3 Å². The van der Waals surface area contributed by atoms with Crippen LogP contribution in [0.25, 0.3) is 0 Å². The van der Waals surface area contributed by atoms with E-state index in [1.807, 2.05) is 0 Å². The molecule has 1 heterocycles. The van der Waals surface area contributed by atoms with Gasteiger partial charge in [0.25, 0.3) is 0 Å². The molecule has 1 aromatic rings. The first kappa shape index (κ1) is 12.1. The number of aromatic amines is 1. The third-order valence-electron chi connectivity index (χ3n) is 3.59. The van der Waals surface area contributed by atoms with E-state index in [1.165, 1.54) is 0 Å². The van der Waals surface area contributed by atoms with Crippen molar-refractivity contribution in [3.8, 4) is 0 Å². The first-order valence-electron chi connectivity index (χ1n) is 6.12. The number of aromatic nitrogens is 2. The lowest BCUT2D eigenvalue weighted by atomic mass is 9.62. The maximum absolute atomic E-state index is 12.0. The molecule has 0 radical (unpaired) electrons. The summed E-state index contributed by atoms with van der Waals surface area (Å²) in [5.41, 5.74) is 6.46. The molecule has 17 heavy (non-hydrogen) atoms. The van der Waals surface area contributed by atoms with Crippen molar-refractivity contribution in [3.05, 3.63) is 18.2 Å². The number of carbonyl (C=O) groups excluding carboxylic acids is 1. The van der Waals surface area contributed by atoms with Crippen molar-refractivity contribution in [1.82, 2.24) is 15.3 Å². The lowest BCUT2D eigenvalue weighted by Crippen LogP contribution is -2.53. The van der Waals surface area contributed by atoms with E-state index in [4.69, 9.17) is 5.73 Å². The van der Waals surface area contributed by atoms with Gasteiger partial charge in [0.15, 0.2) is 0 Å². The molecule has 0 bridgehead atoms. The van der Waals surface area contributed by atoms with Gasteiger partial charge in [-0.25, -0.2) is 4.98 Å². The largest absolute Gasteiger partial charge is 0.355 e. The molecular weight excluding hydrogens is 216 g/mol. The Balaban J connectivity index is 1.77. The molecule has 0 saturated heterocycles. The van der Waals surface area contributed by atoms with Crippen LogP contribution in [0.3, 0.4) is 0 Å². The summed E-state index contributed by atoms with van der Waals surface area (Å²) in [7, 11) is 0. The zero-order valence-electron chi connectivity index (χ0n) is 10.2. The third kappa shape index (κ3) is 2.49. The van der Waals surface area contributed by atoms with Crippen molar-refractivity contribution >= 4 is 5.91 Å². The Morgan fingerprint density at radius 1 is 1.71 bits per heavy atom. The monoisotopic (exact) mass is 236 g/mol. The molecule has 5 heteroatoms. The quantitative estimate of drug-likeness (QED) is 0.693. The molecule has 94 valence electrons. The van der Waals surface area contributed by atoms with Crippen LogP contribution in [0.1, 0.15) is 25.5 Å². The van der Waals surface area contributed by atoms with Gasteiger partial charge in [0, 0.05) is 31.4 Å². The molecule has 2 rings (SSSR count). The van der Waals surface area contributed by atoms with E-state index in [-0.39, 0.29) is 11.3 Å². The summed E-state index contributed by atoms with van der Waals surface area (Å²) in [6.45, 7) is 3.25. The number of nitrogens with one attached hydrogen (secondary N) is 2. The van der Waals surface area contributed by atoms with Gasteiger partial charge < -0.3 is 16.0 Å². The number of nitrogens with two attached hydrogens (primary N) is 1. The Kier molecular flexibility index (Phi) is 3.47. The fraction of sp³-hybridized carbons (Fsp3) is 0.667. The van der Waals surface area contributed by atoms with Gasteiger partial charge in [0.05, 0.1) is 11.7 Å². The van der Waals surface area contributed by atoms with Gasteiger partial charge in [0.2, 0.25) is 5.91 Å². The van der Waals surface area contributed by atoms with E-state index >= 15 is 0 Å². The minimum Gasteiger partial charge on any atom is -0.355 e. The number of hydrogen-bond acceptors (Lipinski definition) is 3. The van der Waals surface area contributed by atoms with Crippen LogP contribution in [0.15, 0.2) is 12.5 Å². The molecule has 1 amide bonds. The predicted molar refractivity (Wildman–Crippen MR) is 65.2 cm³/mol. The van der Waals surface area contributed by atoms with Gasteiger partial charge in [-0.2, -0.15) is 0 Å². The molecule has 1 aliphatic rings. The van der Waals surface area contributed by atoms with Crippen molar-refractivity contribution in [2.75, 3.05) is 13.1 Å². The van der Waals surface area contributed by atoms with Crippen molar-refractivity contribution in [1.29, 1.82) is 0 Å². The summed E-state index contributed by atoms with van der Waals surface area (Å²) < 4.78 is 0. The Bertz CT molecular complexity index is 368. The van der Waals surface area contributed by atoms with E-state index in [0.29, 0.717) is 19.0 Å². The Morgan fingerprint density at radius 2 is 2.47 bits per heavy atom. The Hall–Kier alpha value is -1.36. The van der Waals surface area contributed by atoms with Crippen molar-refractivity contribution < 1.29 is 4.79 Å². The van der Waals surface area contributed by atoms with Crippen molar-refractivity contribution in [2.45, 2.75) is 26.2 Å². The van der Waals surface area contributed by atoms with Gasteiger partial charge in [-0.15, -0.1) is 0 Å². The molecule has 0 aromatic carbocycles. The lowest BCUT2D eigenvalue weighted by Gasteiger charge is -2.44. The van der Waals surface area contributed by atoms with Gasteiger partial charge >= 0.3 is 0 Å². The molecule has 1 fully saturated rings. The maximum atomic E-state index is 12.0. The van der Waals surface area contributed by atoms with E-state index in [2.05, 4.69) is 22.2 Å². The fourth-order valence-electron chi connectivity index (χ4n) is 2.64. The standard InChI is InChI=1S/C12H20N4O/c1-9-4-12(5-9,7-13)11(17)15-3-2-10-6-14-8-16-10/h6,8-9H,2-5,7,13H2,1H3,(H,14,16)(H,15,17).